The molecule has 0 saturated heterocycles. The SMILES string of the molecule is CN(c1ccccc1)S(=O)(=O)c1cccc(C(=O)NC2CCCCC2)c1. The highest BCUT2D eigenvalue weighted by atomic mass is 32.2. The molecule has 5 nitrogen and oxygen atoms in total. The number of amides is 1. The summed E-state index contributed by atoms with van der Waals surface area (Å²) in [7, 11) is -2.21. The molecule has 0 aromatic heterocycles. The van der Waals surface area contributed by atoms with E-state index >= 15 is 0 Å². The molecule has 1 saturated carbocycles. The van der Waals surface area contributed by atoms with Gasteiger partial charge in [0.05, 0.1) is 10.6 Å². The number of benzene rings is 2. The molecule has 2 aromatic rings. The van der Waals surface area contributed by atoms with Crippen LogP contribution in [0.2, 0.25) is 0 Å². The lowest BCUT2D eigenvalue weighted by Gasteiger charge is -2.23. The Labute approximate surface area is 155 Å². The van der Waals surface area contributed by atoms with Crippen LogP contribution in [-0.4, -0.2) is 27.4 Å². The number of rotatable bonds is 5. The molecule has 26 heavy (non-hydrogen) atoms. The van der Waals surface area contributed by atoms with E-state index in [-0.39, 0.29) is 16.8 Å². The Morgan fingerprint density at radius 1 is 1.00 bits per heavy atom. The lowest BCUT2D eigenvalue weighted by atomic mass is 9.95. The fourth-order valence-corrected chi connectivity index (χ4v) is 4.49. The van der Waals surface area contributed by atoms with Gasteiger partial charge in [-0.25, -0.2) is 8.42 Å². The highest BCUT2D eigenvalue weighted by Gasteiger charge is 2.23. The summed E-state index contributed by atoms with van der Waals surface area (Å²) < 4.78 is 27.0. The summed E-state index contributed by atoms with van der Waals surface area (Å²) in [5.41, 5.74) is 0.947. The maximum Gasteiger partial charge on any atom is 0.264 e. The normalized spacial score (nSPS) is 15.4. The maximum atomic E-state index is 12.9. The second-order valence-electron chi connectivity index (χ2n) is 6.64. The number of nitrogens with one attached hydrogen (secondary N) is 1. The zero-order valence-corrected chi connectivity index (χ0v) is 15.7. The van der Waals surface area contributed by atoms with E-state index < -0.39 is 10.0 Å². The lowest BCUT2D eigenvalue weighted by Crippen LogP contribution is -2.36. The van der Waals surface area contributed by atoms with Crippen molar-refractivity contribution in [3.05, 3.63) is 60.2 Å². The van der Waals surface area contributed by atoms with Crippen LogP contribution in [0.25, 0.3) is 0 Å². The zero-order valence-electron chi connectivity index (χ0n) is 14.9. The summed E-state index contributed by atoms with van der Waals surface area (Å²) in [6.45, 7) is 0. The van der Waals surface area contributed by atoms with E-state index in [2.05, 4.69) is 5.32 Å². The fraction of sp³-hybridized carbons (Fsp3) is 0.350. The number of sulfonamides is 1. The van der Waals surface area contributed by atoms with Crippen molar-refractivity contribution in [1.82, 2.24) is 5.32 Å². The minimum absolute atomic E-state index is 0.111. The van der Waals surface area contributed by atoms with Crippen LogP contribution in [0.15, 0.2) is 59.5 Å². The fourth-order valence-electron chi connectivity index (χ4n) is 3.25. The van der Waals surface area contributed by atoms with E-state index in [0.717, 1.165) is 25.7 Å². The molecule has 1 N–H and O–H groups in total. The van der Waals surface area contributed by atoms with Crippen molar-refractivity contribution in [2.75, 3.05) is 11.4 Å². The smallest absolute Gasteiger partial charge is 0.264 e. The summed E-state index contributed by atoms with van der Waals surface area (Å²) >= 11 is 0. The molecule has 138 valence electrons. The summed E-state index contributed by atoms with van der Waals surface area (Å²) in [5, 5.41) is 3.03. The molecule has 0 unspecified atom stereocenters. The highest BCUT2D eigenvalue weighted by Crippen LogP contribution is 2.23. The van der Waals surface area contributed by atoms with Gasteiger partial charge in [-0.1, -0.05) is 43.5 Å². The van der Waals surface area contributed by atoms with Gasteiger partial charge < -0.3 is 5.32 Å². The molecule has 0 heterocycles. The first-order chi connectivity index (χ1) is 12.5. The van der Waals surface area contributed by atoms with Gasteiger partial charge in [-0.2, -0.15) is 0 Å². The van der Waals surface area contributed by atoms with E-state index in [0.29, 0.717) is 11.3 Å². The van der Waals surface area contributed by atoms with Gasteiger partial charge in [0.25, 0.3) is 15.9 Å². The van der Waals surface area contributed by atoms with Crippen molar-refractivity contribution in [3.8, 4) is 0 Å². The van der Waals surface area contributed by atoms with Crippen LogP contribution in [0.3, 0.4) is 0 Å². The van der Waals surface area contributed by atoms with E-state index in [9.17, 15) is 13.2 Å². The number of hydrogen-bond donors (Lipinski definition) is 1. The first kappa shape index (κ1) is 18.5. The van der Waals surface area contributed by atoms with Gasteiger partial charge in [0.15, 0.2) is 0 Å². The number of nitrogens with zero attached hydrogens (tertiary/aromatic N) is 1. The van der Waals surface area contributed by atoms with E-state index in [4.69, 9.17) is 0 Å². The molecule has 1 amide bonds. The second kappa shape index (κ2) is 7.91. The highest BCUT2D eigenvalue weighted by molar-refractivity contribution is 7.92. The van der Waals surface area contributed by atoms with Gasteiger partial charge >= 0.3 is 0 Å². The van der Waals surface area contributed by atoms with Crippen molar-refractivity contribution in [2.45, 2.75) is 43.0 Å². The van der Waals surface area contributed by atoms with Gasteiger partial charge in [0, 0.05) is 18.7 Å². The standard InChI is InChI=1S/C20H24N2O3S/c1-22(18-12-6-3-7-13-18)26(24,25)19-14-8-9-16(15-19)20(23)21-17-10-4-2-5-11-17/h3,6-9,12-15,17H,2,4-5,10-11H2,1H3,(H,21,23). The van der Waals surface area contributed by atoms with Crippen LogP contribution >= 0.6 is 0 Å². The number of hydrogen-bond acceptors (Lipinski definition) is 3. The molecule has 0 aliphatic heterocycles. The molecule has 0 atom stereocenters. The van der Waals surface area contributed by atoms with Crippen LogP contribution in [0, 0.1) is 0 Å². The topological polar surface area (TPSA) is 66.5 Å². The quantitative estimate of drug-likeness (QED) is 0.872. The number of para-hydroxylation sites is 1. The Hall–Kier alpha value is -2.34. The molecule has 6 heteroatoms. The van der Waals surface area contributed by atoms with E-state index in [1.807, 2.05) is 6.07 Å². The first-order valence-corrected chi connectivity index (χ1v) is 10.4. The third-order valence-corrected chi connectivity index (χ3v) is 6.60. The van der Waals surface area contributed by atoms with Crippen molar-refractivity contribution in [3.63, 3.8) is 0 Å². The van der Waals surface area contributed by atoms with Crippen LogP contribution in [0.1, 0.15) is 42.5 Å². The molecule has 0 bridgehead atoms. The zero-order chi connectivity index (χ0) is 18.6. The molecule has 0 spiro atoms. The largest absolute Gasteiger partial charge is 0.349 e. The summed E-state index contributed by atoms with van der Waals surface area (Å²) in [5.74, 6) is -0.212. The second-order valence-corrected chi connectivity index (χ2v) is 8.61. The Morgan fingerprint density at radius 2 is 1.69 bits per heavy atom. The Bertz CT molecular complexity index is 860. The average Bonchev–Trinajstić information content (AvgIpc) is 2.69. The number of anilines is 1. The van der Waals surface area contributed by atoms with Crippen molar-refractivity contribution >= 4 is 21.6 Å². The average molecular weight is 372 g/mol. The van der Waals surface area contributed by atoms with E-state index in [1.54, 1.807) is 36.4 Å². The molecule has 1 fully saturated rings. The van der Waals surface area contributed by atoms with Gasteiger partial charge in [-0.05, 0) is 43.2 Å². The number of carbonyl (C=O) groups is 1. The summed E-state index contributed by atoms with van der Waals surface area (Å²) in [6, 6.07) is 15.3. The number of carbonyl (C=O) groups excluding carboxylic acids is 1. The third-order valence-electron chi connectivity index (χ3n) is 4.81. The first-order valence-electron chi connectivity index (χ1n) is 8.93. The Morgan fingerprint density at radius 3 is 2.38 bits per heavy atom. The van der Waals surface area contributed by atoms with Crippen LogP contribution in [0.4, 0.5) is 5.69 Å². The Balaban J connectivity index is 1.80. The van der Waals surface area contributed by atoms with Crippen LogP contribution in [-0.2, 0) is 10.0 Å². The van der Waals surface area contributed by atoms with Crippen molar-refractivity contribution < 1.29 is 13.2 Å². The third kappa shape index (κ3) is 4.07. The predicted molar refractivity (Wildman–Crippen MR) is 103 cm³/mol. The molecule has 2 aromatic carbocycles. The van der Waals surface area contributed by atoms with E-state index in [1.165, 1.54) is 29.9 Å². The molecular weight excluding hydrogens is 348 g/mol. The lowest BCUT2D eigenvalue weighted by molar-refractivity contribution is 0.0927. The van der Waals surface area contributed by atoms with Crippen molar-refractivity contribution in [2.24, 2.45) is 0 Å². The molecule has 0 radical (unpaired) electrons. The minimum Gasteiger partial charge on any atom is -0.349 e. The molecule has 1 aliphatic carbocycles. The van der Waals surface area contributed by atoms with Crippen LogP contribution in [0.5, 0.6) is 0 Å². The molecule has 3 rings (SSSR count). The van der Waals surface area contributed by atoms with Gasteiger partial charge in [0.2, 0.25) is 0 Å². The summed E-state index contributed by atoms with van der Waals surface area (Å²) in [4.78, 5) is 12.6. The van der Waals surface area contributed by atoms with Crippen molar-refractivity contribution in [1.29, 1.82) is 0 Å². The monoisotopic (exact) mass is 372 g/mol. The molecule has 1 aliphatic rings. The van der Waals surface area contributed by atoms with Gasteiger partial charge in [-0.3, -0.25) is 9.10 Å². The van der Waals surface area contributed by atoms with Crippen LogP contribution < -0.4 is 9.62 Å². The molecular formula is C20H24N2O3S. The Kier molecular flexibility index (Phi) is 5.61. The predicted octanol–water partition coefficient (Wildman–Crippen LogP) is 3.57. The summed E-state index contributed by atoms with van der Waals surface area (Å²) in [6.07, 6.45) is 5.44. The minimum atomic E-state index is -3.73. The van der Waals surface area contributed by atoms with Gasteiger partial charge in [0.1, 0.15) is 0 Å². The maximum absolute atomic E-state index is 12.9. The van der Waals surface area contributed by atoms with Gasteiger partial charge in [-0.15, -0.1) is 0 Å².